The summed E-state index contributed by atoms with van der Waals surface area (Å²) in [6, 6.07) is 5.32. The summed E-state index contributed by atoms with van der Waals surface area (Å²) in [5.41, 5.74) is -0.596. The number of piperidine rings is 2. The van der Waals surface area contributed by atoms with Gasteiger partial charge in [-0.05, 0) is 43.4 Å². The van der Waals surface area contributed by atoms with Crippen molar-refractivity contribution in [3.8, 4) is 0 Å². The number of amides is 1. The molecule has 2 aliphatic rings. The molecule has 0 radical (unpaired) electrons. The molecule has 41 heavy (non-hydrogen) atoms. The van der Waals surface area contributed by atoms with E-state index in [0.717, 1.165) is 48.5 Å². The summed E-state index contributed by atoms with van der Waals surface area (Å²) in [5.74, 6) is -0.164. The van der Waals surface area contributed by atoms with Crippen LogP contribution in [0, 0.1) is 4.91 Å². The molecule has 4 rings (SSSR count). The molecule has 1 aromatic carbocycles. The lowest BCUT2D eigenvalue weighted by Crippen LogP contribution is -2.48. The SMILES string of the molecule is C=O.COCN1CCC(NC(=O)c2ncc(CNCC3(N=O)CCN(Cc4ccc(C(F)(F)F)cc4)CC3)s2)CC1. The number of carbonyl (C=O) groups is 2. The number of thiazole rings is 1. The second kappa shape index (κ2) is 15.4. The highest BCUT2D eigenvalue weighted by molar-refractivity contribution is 7.13. The van der Waals surface area contributed by atoms with E-state index >= 15 is 0 Å². The molecule has 0 aliphatic carbocycles. The topological polar surface area (TPSA) is 116 Å². The summed E-state index contributed by atoms with van der Waals surface area (Å²) in [6.07, 6.45) is 0.199. The average Bonchev–Trinajstić information content (AvgIpc) is 3.45. The van der Waals surface area contributed by atoms with Gasteiger partial charge in [-0.25, -0.2) is 4.98 Å². The van der Waals surface area contributed by atoms with Crippen LogP contribution in [0.2, 0.25) is 0 Å². The van der Waals surface area contributed by atoms with Crippen molar-refractivity contribution in [2.75, 3.05) is 46.6 Å². The molecule has 2 aliphatic heterocycles. The Morgan fingerprint density at radius 3 is 2.39 bits per heavy atom. The van der Waals surface area contributed by atoms with Gasteiger partial charge in [-0.15, -0.1) is 11.3 Å². The molecule has 1 amide bonds. The van der Waals surface area contributed by atoms with Gasteiger partial charge in [-0.3, -0.25) is 14.6 Å². The van der Waals surface area contributed by atoms with Crippen molar-refractivity contribution in [3.05, 3.63) is 56.4 Å². The Hall–Kier alpha value is -2.78. The highest BCUT2D eigenvalue weighted by Gasteiger charge is 2.36. The Balaban J connectivity index is 0.00000226. The zero-order chi connectivity index (χ0) is 29.9. The number of nitrogens with one attached hydrogen (secondary N) is 2. The summed E-state index contributed by atoms with van der Waals surface area (Å²) in [4.78, 5) is 41.9. The van der Waals surface area contributed by atoms with E-state index in [4.69, 9.17) is 9.53 Å². The van der Waals surface area contributed by atoms with Crippen molar-refractivity contribution in [1.82, 2.24) is 25.4 Å². The fourth-order valence-electron chi connectivity index (χ4n) is 5.03. The molecule has 2 fully saturated rings. The third kappa shape index (κ3) is 9.64. The van der Waals surface area contributed by atoms with Gasteiger partial charge in [0.2, 0.25) is 0 Å². The monoisotopic (exact) mass is 598 g/mol. The van der Waals surface area contributed by atoms with E-state index < -0.39 is 17.3 Å². The van der Waals surface area contributed by atoms with Crippen LogP contribution in [-0.2, 0) is 28.8 Å². The lowest BCUT2D eigenvalue weighted by atomic mass is 9.88. The summed E-state index contributed by atoms with van der Waals surface area (Å²) in [7, 11) is 1.68. The highest BCUT2D eigenvalue weighted by atomic mass is 32.1. The average molecular weight is 599 g/mol. The number of hydrogen-bond acceptors (Lipinski definition) is 10. The molecule has 1 aromatic heterocycles. The number of hydrogen-bond donors (Lipinski definition) is 2. The number of aromatic nitrogens is 1. The van der Waals surface area contributed by atoms with Gasteiger partial charge in [0.25, 0.3) is 5.91 Å². The molecule has 2 saturated heterocycles. The number of nitroso groups, excluding NO2 is 1. The van der Waals surface area contributed by atoms with Crippen molar-refractivity contribution in [1.29, 1.82) is 0 Å². The van der Waals surface area contributed by atoms with Crippen LogP contribution in [0.5, 0.6) is 0 Å². The van der Waals surface area contributed by atoms with E-state index in [1.165, 1.54) is 23.5 Å². The summed E-state index contributed by atoms with van der Waals surface area (Å²) in [6.45, 7) is 7.03. The molecule has 0 bridgehead atoms. The smallest absolute Gasteiger partial charge is 0.369 e. The van der Waals surface area contributed by atoms with Gasteiger partial charge in [-0.2, -0.15) is 18.1 Å². The molecular formula is C27H37F3N6O4S. The fourth-order valence-corrected chi connectivity index (χ4v) is 5.82. The molecule has 0 atom stereocenters. The normalized spacial score (nSPS) is 18.3. The lowest BCUT2D eigenvalue weighted by molar-refractivity contribution is -0.137. The molecule has 0 unspecified atom stereocenters. The number of benzene rings is 1. The third-order valence-corrected chi connectivity index (χ3v) is 8.40. The van der Waals surface area contributed by atoms with Crippen LogP contribution in [-0.4, -0.2) is 85.6 Å². The predicted octanol–water partition coefficient (Wildman–Crippen LogP) is 3.67. The van der Waals surface area contributed by atoms with Crippen LogP contribution in [0.25, 0.3) is 0 Å². The number of ether oxygens (including phenoxy) is 1. The number of carbonyl (C=O) groups excluding carboxylic acids is 2. The van der Waals surface area contributed by atoms with Gasteiger partial charge in [-0.1, -0.05) is 17.3 Å². The maximum Gasteiger partial charge on any atom is 0.416 e. The molecule has 0 saturated carbocycles. The maximum atomic E-state index is 12.8. The zero-order valence-electron chi connectivity index (χ0n) is 23.1. The van der Waals surface area contributed by atoms with Crippen molar-refractivity contribution in [2.24, 2.45) is 5.18 Å². The standard InChI is InChI=1S/C26H35F3N6O3S.CH2O/c1-38-18-35-10-6-21(7-11-35)32-23(36)24-31-15-22(39-24)14-30-17-25(33-37)8-12-34(13-9-25)16-19-2-4-20(5-3-19)26(27,28)29;1-2/h2-5,15,21,30H,6-14,16-18H2,1H3,(H,32,36);1H2. The predicted molar refractivity (Wildman–Crippen MR) is 149 cm³/mol. The first-order valence-electron chi connectivity index (χ1n) is 13.4. The first-order chi connectivity index (χ1) is 19.7. The second-order valence-electron chi connectivity index (χ2n) is 10.3. The van der Waals surface area contributed by atoms with E-state index in [0.29, 0.717) is 57.3 Å². The van der Waals surface area contributed by atoms with Gasteiger partial charge in [0.1, 0.15) is 12.3 Å². The van der Waals surface area contributed by atoms with E-state index in [1.54, 1.807) is 13.3 Å². The van der Waals surface area contributed by atoms with Crippen LogP contribution >= 0.6 is 11.3 Å². The number of likely N-dealkylation sites (tertiary alicyclic amines) is 2. The van der Waals surface area contributed by atoms with Crippen molar-refractivity contribution < 1.29 is 27.5 Å². The molecule has 2 aromatic rings. The molecule has 14 heteroatoms. The van der Waals surface area contributed by atoms with Gasteiger partial charge >= 0.3 is 6.18 Å². The largest absolute Gasteiger partial charge is 0.416 e. The van der Waals surface area contributed by atoms with E-state index in [1.807, 2.05) is 6.79 Å². The quantitative estimate of drug-likeness (QED) is 0.377. The Bertz CT molecular complexity index is 1100. The Kier molecular flexibility index (Phi) is 12.3. The first-order valence-corrected chi connectivity index (χ1v) is 14.2. The number of nitrogens with zero attached hydrogens (tertiary/aromatic N) is 4. The van der Waals surface area contributed by atoms with Gasteiger partial charge in [0.05, 0.1) is 12.3 Å². The molecule has 10 nitrogen and oxygen atoms in total. The second-order valence-corrected chi connectivity index (χ2v) is 11.4. The molecule has 226 valence electrons. The Morgan fingerprint density at radius 1 is 1.15 bits per heavy atom. The molecule has 2 N–H and O–H groups in total. The Morgan fingerprint density at radius 2 is 1.80 bits per heavy atom. The maximum absolute atomic E-state index is 12.8. The van der Waals surface area contributed by atoms with E-state index in [9.17, 15) is 22.9 Å². The third-order valence-electron chi connectivity index (χ3n) is 7.40. The van der Waals surface area contributed by atoms with Crippen LogP contribution in [0.3, 0.4) is 0 Å². The number of rotatable bonds is 11. The number of alkyl halides is 3. The van der Waals surface area contributed by atoms with Crippen molar-refractivity contribution >= 4 is 24.0 Å². The number of methoxy groups -OCH3 is 1. The van der Waals surface area contributed by atoms with Crippen LogP contribution in [0.4, 0.5) is 13.2 Å². The molecular weight excluding hydrogens is 561 g/mol. The van der Waals surface area contributed by atoms with Gasteiger partial charge in [0, 0.05) is 70.0 Å². The van der Waals surface area contributed by atoms with Crippen molar-refractivity contribution in [3.63, 3.8) is 0 Å². The van der Waals surface area contributed by atoms with E-state index in [2.05, 4.69) is 30.6 Å². The van der Waals surface area contributed by atoms with Gasteiger partial charge in [0.15, 0.2) is 5.01 Å². The summed E-state index contributed by atoms with van der Waals surface area (Å²) in [5, 5.41) is 10.3. The summed E-state index contributed by atoms with van der Waals surface area (Å²) < 4.78 is 43.5. The van der Waals surface area contributed by atoms with Crippen molar-refractivity contribution in [2.45, 2.75) is 56.5 Å². The zero-order valence-corrected chi connectivity index (χ0v) is 23.9. The molecule has 3 heterocycles. The highest BCUT2D eigenvalue weighted by Crippen LogP contribution is 2.30. The van der Waals surface area contributed by atoms with Crippen LogP contribution < -0.4 is 10.6 Å². The minimum Gasteiger partial charge on any atom is -0.369 e. The minimum absolute atomic E-state index is 0.125. The van der Waals surface area contributed by atoms with E-state index in [-0.39, 0.29) is 11.9 Å². The van der Waals surface area contributed by atoms with Crippen LogP contribution in [0.1, 0.15) is 51.5 Å². The Labute approximate surface area is 241 Å². The lowest BCUT2D eigenvalue weighted by Gasteiger charge is -2.37. The number of halogens is 3. The summed E-state index contributed by atoms with van der Waals surface area (Å²) >= 11 is 1.33. The fraction of sp³-hybridized carbons (Fsp3) is 0.593. The van der Waals surface area contributed by atoms with Crippen LogP contribution in [0.15, 0.2) is 35.6 Å². The minimum atomic E-state index is -4.35. The molecule has 0 spiro atoms. The van der Waals surface area contributed by atoms with Gasteiger partial charge < -0.3 is 20.2 Å². The first kappa shape index (κ1) is 32.7.